The van der Waals surface area contributed by atoms with Crippen LogP contribution in [0.3, 0.4) is 0 Å². The van der Waals surface area contributed by atoms with Crippen LogP contribution in [0.5, 0.6) is 0 Å². The number of nitrogen functional groups attached to an aromatic ring is 1. The Morgan fingerprint density at radius 1 is 1.41 bits per heavy atom. The largest absolute Gasteiger partial charge is 0.399 e. The molecule has 0 unspecified atom stereocenters. The van der Waals surface area contributed by atoms with Crippen molar-refractivity contribution in [1.29, 1.82) is 0 Å². The summed E-state index contributed by atoms with van der Waals surface area (Å²) >= 11 is 1.43. The van der Waals surface area contributed by atoms with Crippen molar-refractivity contribution in [1.82, 2.24) is 4.72 Å². The third-order valence-corrected chi connectivity index (χ3v) is 4.55. The van der Waals surface area contributed by atoms with Crippen LogP contribution < -0.4 is 10.5 Å². The van der Waals surface area contributed by atoms with E-state index in [4.69, 9.17) is 10.8 Å². The molecule has 0 bridgehead atoms. The Labute approximate surface area is 105 Å². The Hall–Kier alpha value is -0.760. The first kappa shape index (κ1) is 14.3. The first-order valence-corrected chi connectivity index (χ1v) is 7.74. The fraction of sp³-hybridized carbons (Fsp3) is 0.400. The molecule has 0 fully saturated rings. The first-order chi connectivity index (χ1) is 8.03. The molecule has 17 heavy (non-hydrogen) atoms. The Bertz CT molecular complexity index is 449. The van der Waals surface area contributed by atoms with E-state index in [1.807, 2.05) is 12.1 Å². The monoisotopic (exact) mass is 276 g/mol. The third-order valence-electron chi connectivity index (χ3n) is 1.91. The van der Waals surface area contributed by atoms with E-state index in [1.54, 1.807) is 12.1 Å². The standard InChI is InChI=1S/C10H16N2O3S2/c11-9-2-1-3-10(8-9)16-6-7-17(14,15)12-4-5-13/h1-3,8,12-13H,4-7,11H2. The van der Waals surface area contributed by atoms with E-state index in [-0.39, 0.29) is 18.9 Å². The number of nitrogens with one attached hydrogen (secondary N) is 1. The summed E-state index contributed by atoms with van der Waals surface area (Å²) in [5.74, 6) is 0.469. The average molecular weight is 276 g/mol. The Morgan fingerprint density at radius 2 is 2.18 bits per heavy atom. The van der Waals surface area contributed by atoms with Crippen LogP contribution in [0.1, 0.15) is 0 Å². The Morgan fingerprint density at radius 3 is 2.82 bits per heavy atom. The third kappa shape index (κ3) is 5.92. The van der Waals surface area contributed by atoms with Gasteiger partial charge >= 0.3 is 0 Å². The molecule has 0 aliphatic rings. The van der Waals surface area contributed by atoms with E-state index >= 15 is 0 Å². The fourth-order valence-electron chi connectivity index (χ4n) is 1.15. The zero-order valence-corrected chi connectivity index (χ0v) is 10.9. The van der Waals surface area contributed by atoms with E-state index in [0.29, 0.717) is 11.4 Å². The van der Waals surface area contributed by atoms with Crippen LogP contribution in [0.4, 0.5) is 5.69 Å². The summed E-state index contributed by atoms with van der Waals surface area (Å²) in [4.78, 5) is 0.947. The Kier molecular flexibility index (Phi) is 5.76. The van der Waals surface area contributed by atoms with Crippen LogP contribution in [-0.4, -0.2) is 38.2 Å². The quantitative estimate of drug-likeness (QED) is 0.491. The summed E-state index contributed by atoms with van der Waals surface area (Å²) < 4.78 is 25.1. The first-order valence-electron chi connectivity index (χ1n) is 5.10. The van der Waals surface area contributed by atoms with Crippen molar-refractivity contribution in [2.45, 2.75) is 4.90 Å². The summed E-state index contributed by atoms with van der Waals surface area (Å²) in [6.45, 7) is -0.132. The van der Waals surface area contributed by atoms with Gasteiger partial charge in [0.05, 0.1) is 12.4 Å². The van der Waals surface area contributed by atoms with E-state index < -0.39 is 10.0 Å². The molecular formula is C10H16N2O3S2. The molecule has 0 saturated heterocycles. The summed E-state index contributed by atoms with van der Waals surface area (Å²) in [5.41, 5.74) is 6.27. The molecule has 0 aliphatic heterocycles. The van der Waals surface area contributed by atoms with Gasteiger partial charge in [-0.3, -0.25) is 0 Å². The summed E-state index contributed by atoms with van der Waals surface area (Å²) in [6, 6.07) is 7.30. The SMILES string of the molecule is Nc1cccc(SCCS(=O)(=O)NCCO)c1. The Balaban J connectivity index is 2.37. The van der Waals surface area contributed by atoms with E-state index in [1.165, 1.54) is 11.8 Å². The number of sulfonamides is 1. The molecule has 0 amide bonds. The molecule has 4 N–H and O–H groups in total. The number of aliphatic hydroxyl groups is 1. The maximum absolute atomic E-state index is 11.4. The number of hydrogen-bond acceptors (Lipinski definition) is 5. The van der Waals surface area contributed by atoms with Crippen molar-refractivity contribution in [2.24, 2.45) is 0 Å². The van der Waals surface area contributed by atoms with Gasteiger partial charge in [-0.1, -0.05) is 6.07 Å². The molecule has 1 aromatic rings. The minimum atomic E-state index is -3.29. The number of nitrogens with two attached hydrogens (primary N) is 1. The lowest BCUT2D eigenvalue weighted by atomic mass is 10.3. The van der Waals surface area contributed by atoms with Gasteiger partial charge in [-0.2, -0.15) is 0 Å². The molecule has 0 atom stereocenters. The minimum absolute atomic E-state index is 0.0203. The second-order valence-corrected chi connectivity index (χ2v) is 6.45. The smallest absolute Gasteiger partial charge is 0.212 e. The number of anilines is 1. The molecule has 0 saturated carbocycles. The van der Waals surface area contributed by atoms with Gasteiger partial charge in [0.2, 0.25) is 10.0 Å². The van der Waals surface area contributed by atoms with Gasteiger partial charge in [0.15, 0.2) is 0 Å². The van der Waals surface area contributed by atoms with Gasteiger partial charge < -0.3 is 10.8 Å². The van der Waals surface area contributed by atoms with Gasteiger partial charge in [-0.25, -0.2) is 13.1 Å². The molecule has 1 aromatic carbocycles. The zero-order chi connectivity index (χ0) is 12.7. The van der Waals surface area contributed by atoms with Crippen molar-refractivity contribution >= 4 is 27.5 Å². The minimum Gasteiger partial charge on any atom is -0.399 e. The number of rotatable bonds is 7. The van der Waals surface area contributed by atoms with Gasteiger partial charge in [0.25, 0.3) is 0 Å². The maximum Gasteiger partial charge on any atom is 0.212 e. The molecule has 1 rings (SSSR count). The molecule has 0 radical (unpaired) electrons. The number of benzene rings is 1. The molecule has 0 spiro atoms. The lowest BCUT2D eigenvalue weighted by molar-refractivity contribution is 0.301. The lowest BCUT2D eigenvalue weighted by Crippen LogP contribution is -2.29. The van der Waals surface area contributed by atoms with Gasteiger partial charge in [0, 0.05) is 22.9 Å². The number of hydrogen-bond donors (Lipinski definition) is 3. The van der Waals surface area contributed by atoms with Gasteiger partial charge in [0.1, 0.15) is 0 Å². The van der Waals surface area contributed by atoms with Crippen molar-refractivity contribution in [3.05, 3.63) is 24.3 Å². The second-order valence-electron chi connectivity index (χ2n) is 3.36. The highest BCUT2D eigenvalue weighted by atomic mass is 32.2. The van der Waals surface area contributed by atoms with Crippen LogP contribution in [0.15, 0.2) is 29.2 Å². The van der Waals surface area contributed by atoms with Crippen LogP contribution in [0, 0.1) is 0 Å². The topological polar surface area (TPSA) is 92.4 Å². The van der Waals surface area contributed by atoms with Crippen molar-refractivity contribution in [2.75, 3.05) is 30.4 Å². The van der Waals surface area contributed by atoms with Crippen molar-refractivity contribution in [3.63, 3.8) is 0 Å². The van der Waals surface area contributed by atoms with Crippen molar-refractivity contribution in [3.8, 4) is 0 Å². The van der Waals surface area contributed by atoms with Gasteiger partial charge in [-0.05, 0) is 18.2 Å². The average Bonchev–Trinajstić information content (AvgIpc) is 2.26. The van der Waals surface area contributed by atoms with E-state index in [0.717, 1.165) is 4.90 Å². The molecular weight excluding hydrogens is 260 g/mol. The predicted octanol–water partition coefficient (Wildman–Crippen LogP) is 0.273. The van der Waals surface area contributed by atoms with E-state index in [2.05, 4.69) is 4.72 Å². The number of aliphatic hydroxyl groups excluding tert-OH is 1. The molecule has 7 heteroatoms. The highest BCUT2D eigenvalue weighted by molar-refractivity contribution is 8.00. The summed E-state index contributed by atoms with van der Waals surface area (Å²) in [7, 11) is -3.29. The lowest BCUT2D eigenvalue weighted by Gasteiger charge is -2.05. The van der Waals surface area contributed by atoms with Crippen LogP contribution in [0.25, 0.3) is 0 Å². The predicted molar refractivity (Wildman–Crippen MR) is 70.5 cm³/mol. The highest BCUT2D eigenvalue weighted by Gasteiger charge is 2.08. The maximum atomic E-state index is 11.4. The van der Waals surface area contributed by atoms with Gasteiger partial charge in [-0.15, -0.1) is 11.8 Å². The van der Waals surface area contributed by atoms with Crippen molar-refractivity contribution < 1.29 is 13.5 Å². The number of thioether (sulfide) groups is 1. The normalized spacial score (nSPS) is 11.6. The molecule has 96 valence electrons. The molecule has 0 aromatic heterocycles. The molecule has 5 nitrogen and oxygen atoms in total. The molecule has 0 heterocycles. The zero-order valence-electron chi connectivity index (χ0n) is 9.30. The highest BCUT2D eigenvalue weighted by Crippen LogP contribution is 2.19. The molecule has 0 aliphatic carbocycles. The summed E-state index contributed by atoms with van der Waals surface area (Å²) in [6.07, 6.45) is 0. The van der Waals surface area contributed by atoms with E-state index in [9.17, 15) is 8.42 Å². The second kappa shape index (κ2) is 6.85. The summed E-state index contributed by atoms with van der Waals surface area (Å²) in [5, 5.41) is 8.52. The van der Waals surface area contributed by atoms with Crippen LogP contribution in [-0.2, 0) is 10.0 Å². The van der Waals surface area contributed by atoms with Crippen LogP contribution in [0.2, 0.25) is 0 Å². The van der Waals surface area contributed by atoms with Crippen LogP contribution >= 0.6 is 11.8 Å². The fourth-order valence-corrected chi connectivity index (χ4v) is 3.53.